The number of nitrogens with one attached hydrogen (secondary N) is 2. The van der Waals surface area contributed by atoms with Crippen LogP contribution in [0.15, 0.2) is 18.2 Å². The van der Waals surface area contributed by atoms with Crippen LogP contribution in [0, 0.1) is 25.7 Å². The maximum absolute atomic E-state index is 12.4. The van der Waals surface area contributed by atoms with Crippen LogP contribution in [0.1, 0.15) is 17.5 Å². The molecule has 2 fully saturated rings. The number of aliphatic hydroxyl groups excluding tert-OH is 1. The molecule has 3 N–H and O–H groups in total. The van der Waals surface area contributed by atoms with Crippen molar-refractivity contribution < 1.29 is 14.7 Å². The number of halogens is 1. The van der Waals surface area contributed by atoms with E-state index in [1.54, 1.807) is 4.90 Å². The third-order valence-electron chi connectivity index (χ3n) is 5.21. The summed E-state index contributed by atoms with van der Waals surface area (Å²) in [5, 5.41) is 15.8. The summed E-state index contributed by atoms with van der Waals surface area (Å²) >= 11 is 0. The van der Waals surface area contributed by atoms with Crippen LogP contribution in [0.25, 0.3) is 0 Å². The summed E-state index contributed by atoms with van der Waals surface area (Å²) in [6.45, 7) is 6.16. The fourth-order valence-corrected chi connectivity index (χ4v) is 3.45. The Kier molecular flexibility index (Phi) is 6.43. The lowest BCUT2D eigenvalue weighted by atomic mass is 10.0. The molecule has 2 aliphatic heterocycles. The second-order valence-corrected chi connectivity index (χ2v) is 6.86. The number of anilines is 1. The van der Waals surface area contributed by atoms with E-state index in [0.717, 1.165) is 16.8 Å². The SMILES string of the molecule is Cc1cccc(N2CC(C(=O)NCC3CNCC3O)CC2=O)c1C.Cl. The molecule has 0 aromatic heterocycles. The number of rotatable bonds is 4. The molecule has 0 spiro atoms. The van der Waals surface area contributed by atoms with Gasteiger partial charge in [0, 0.05) is 44.2 Å². The number of carbonyl (C=O) groups is 2. The van der Waals surface area contributed by atoms with Crippen LogP contribution in [-0.4, -0.2) is 49.2 Å². The third-order valence-corrected chi connectivity index (χ3v) is 5.21. The predicted octanol–water partition coefficient (Wildman–Crippen LogP) is 0.775. The highest BCUT2D eigenvalue weighted by Gasteiger charge is 2.36. The van der Waals surface area contributed by atoms with Crippen molar-refractivity contribution in [2.24, 2.45) is 11.8 Å². The van der Waals surface area contributed by atoms with Crippen molar-refractivity contribution in [3.63, 3.8) is 0 Å². The van der Waals surface area contributed by atoms with E-state index >= 15 is 0 Å². The molecule has 0 bridgehead atoms. The molecule has 0 aliphatic carbocycles. The highest BCUT2D eigenvalue weighted by molar-refractivity contribution is 6.00. The average molecular weight is 368 g/mol. The number of hydrogen-bond donors (Lipinski definition) is 3. The molecule has 6 nitrogen and oxygen atoms in total. The standard InChI is InChI=1S/C18H25N3O3.ClH/c1-11-4-3-5-15(12(11)2)21-10-13(6-17(21)23)18(24)20-8-14-7-19-9-16(14)22;/h3-5,13-14,16,19,22H,6-10H2,1-2H3,(H,20,24);1H. The fraction of sp³-hybridized carbons (Fsp3) is 0.556. The van der Waals surface area contributed by atoms with E-state index in [-0.39, 0.29) is 42.5 Å². The van der Waals surface area contributed by atoms with Crippen molar-refractivity contribution >= 4 is 29.9 Å². The quantitative estimate of drug-likeness (QED) is 0.734. The summed E-state index contributed by atoms with van der Waals surface area (Å²) < 4.78 is 0. The zero-order chi connectivity index (χ0) is 17.3. The van der Waals surface area contributed by atoms with Crippen molar-refractivity contribution in [1.29, 1.82) is 0 Å². The first-order valence-corrected chi connectivity index (χ1v) is 8.50. The summed E-state index contributed by atoms with van der Waals surface area (Å²) in [7, 11) is 0. The van der Waals surface area contributed by atoms with Crippen LogP contribution in [0.5, 0.6) is 0 Å². The van der Waals surface area contributed by atoms with Gasteiger partial charge < -0.3 is 20.6 Å². The Labute approximate surface area is 154 Å². The Hall–Kier alpha value is -1.63. The first-order chi connectivity index (χ1) is 11.5. The molecule has 3 rings (SSSR count). The van der Waals surface area contributed by atoms with Crippen LogP contribution >= 0.6 is 12.4 Å². The van der Waals surface area contributed by atoms with Gasteiger partial charge in [0.15, 0.2) is 0 Å². The van der Waals surface area contributed by atoms with Crippen LogP contribution in [-0.2, 0) is 9.59 Å². The number of carbonyl (C=O) groups excluding carboxylic acids is 2. The molecular weight excluding hydrogens is 342 g/mol. The number of nitrogens with zero attached hydrogens (tertiary/aromatic N) is 1. The van der Waals surface area contributed by atoms with Crippen molar-refractivity contribution in [2.45, 2.75) is 26.4 Å². The largest absolute Gasteiger partial charge is 0.391 e. The Balaban J connectivity index is 0.00000225. The first-order valence-electron chi connectivity index (χ1n) is 8.50. The molecule has 1 aromatic rings. The number of benzene rings is 1. The zero-order valence-corrected chi connectivity index (χ0v) is 15.4. The normalized spacial score (nSPS) is 25.8. The van der Waals surface area contributed by atoms with Crippen molar-refractivity contribution in [3.05, 3.63) is 29.3 Å². The molecule has 2 amide bonds. The Morgan fingerprint density at radius 1 is 1.36 bits per heavy atom. The van der Waals surface area contributed by atoms with Gasteiger partial charge in [-0.25, -0.2) is 0 Å². The van der Waals surface area contributed by atoms with E-state index in [0.29, 0.717) is 26.2 Å². The first kappa shape index (κ1) is 19.7. The molecule has 25 heavy (non-hydrogen) atoms. The average Bonchev–Trinajstić information content (AvgIpc) is 3.14. The number of amides is 2. The Morgan fingerprint density at radius 3 is 2.80 bits per heavy atom. The van der Waals surface area contributed by atoms with Crippen molar-refractivity contribution in [2.75, 3.05) is 31.1 Å². The van der Waals surface area contributed by atoms with Gasteiger partial charge in [0.25, 0.3) is 0 Å². The van der Waals surface area contributed by atoms with Gasteiger partial charge in [-0.15, -0.1) is 12.4 Å². The predicted molar refractivity (Wildman–Crippen MR) is 99.0 cm³/mol. The summed E-state index contributed by atoms with van der Waals surface area (Å²) in [6.07, 6.45) is -0.174. The van der Waals surface area contributed by atoms with Gasteiger partial charge in [-0.1, -0.05) is 12.1 Å². The fourth-order valence-electron chi connectivity index (χ4n) is 3.45. The van der Waals surface area contributed by atoms with Gasteiger partial charge in [0.2, 0.25) is 11.8 Å². The van der Waals surface area contributed by atoms with Crippen LogP contribution in [0.3, 0.4) is 0 Å². The topological polar surface area (TPSA) is 81.7 Å². The summed E-state index contributed by atoms with van der Waals surface area (Å²) in [6, 6.07) is 5.89. The molecular formula is C18H26ClN3O3. The number of aliphatic hydroxyl groups is 1. The van der Waals surface area contributed by atoms with E-state index in [1.165, 1.54) is 0 Å². The lowest BCUT2D eigenvalue weighted by molar-refractivity contribution is -0.126. The highest BCUT2D eigenvalue weighted by atomic mass is 35.5. The smallest absolute Gasteiger partial charge is 0.227 e. The second kappa shape index (κ2) is 8.17. The van der Waals surface area contributed by atoms with E-state index in [9.17, 15) is 14.7 Å². The van der Waals surface area contributed by atoms with Gasteiger partial charge in [-0.2, -0.15) is 0 Å². The zero-order valence-electron chi connectivity index (χ0n) is 14.6. The summed E-state index contributed by atoms with van der Waals surface area (Å²) in [5.41, 5.74) is 3.11. The maximum Gasteiger partial charge on any atom is 0.227 e. The van der Waals surface area contributed by atoms with E-state index < -0.39 is 6.10 Å². The van der Waals surface area contributed by atoms with E-state index in [4.69, 9.17) is 0 Å². The Bertz CT molecular complexity index is 652. The van der Waals surface area contributed by atoms with Crippen molar-refractivity contribution in [1.82, 2.24) is 10.6 Å². The van der Waals surface area contributed by atoms with Crippen LogP contribution in [0.4, 0.5) is 5.69 Å². The van der Waals surface area contributed by atoms with Gasteiger partial charge in [-0.3, -0.25) is 9.59 Å². The molecule has 0 radical (unpaired) electrons. The van der Waals surface area contributed by atoms with Crippen molar-refractivity contribution in [3.8, 4) is 0 Å². The summed E-state index contributed by atoms with van der Waals surface area (Å²) in [4.78, 5) is 26.5. The minimum absolute atomic E-state index is 0. The number of hydrogen-bond acceptors (Lipinski definition) is 4. The van der Waals surface area contributed by atoms with Gasteiger partial charge in [0.05, 0.1) is 12.0 Å². The molecule has 2 aliphatic rings. The molecule has 3 atom stereocenters. The minimum Gasteiger partial charge on any atom is -0.391 e. The number of aryl methyl sites for hydroxylation is 1. The van der Waals surface area contributed by atoms with Gasteiger partial charge in [-0.05, 0) is 31.0 Å². The molecule has 0 saturated carbocycles. The van der Waals surface area contributed by atoms with E-state index in [1.807, 2.05) is 32.0 Å². The Morgan fingerprint density at radius 2 is 2.12 bits per heavy atom. The molecule has 2 heterocycles. The second-order valence-electron chi connectivity index (χ2n) is 6.86. The monoisotopic (exact) mass is 367 g/mol. The lowest BCUT2D eigenvalue weighted by Gasteiger charge is -2.20. The molecule has 7 heteroatoms. The maximum atomic E-state index is 12.4. The number of β-amino-alcohol motifs (C(OH)–C–C–N with tert-alkyl or cyclic N) is 1. The molecule has 1 aromatic carbocycles. The molecule has 3 unspecified atom stereocenters. The third kappa shape index (κ3) is 4.14. The van der Waals surface area contributed by atoms with E-state index in [2.05, 4.69) is 10.6 Å². The van der Waals surface area contributed by atoms with Gasteiger partial charge >= 0.3 is 0 Å². The minimum atomic E-state index is -0.415. The lowest BCUT2D eigenvalue weighted by Crippen LogP contribution is -2.38. The van der Waals surface area contributed by atoms with Crippen LogP contribution in [0.2, 0.25) is 0 Å². The summed E-state index contributed by atoms with van der Waals surface area (Å²) in [5.74, 6) is -0.397. The highest BCUT2D eigenvalue weighted by Crippen LogP contribution is 2.29. The van der Waals surface area contributed by atoms with Crippen LogP contribution < -0.4 is 15.5 Å². The molecule has 138 valence electrons. The van der Waals surface area contributed by atoms with Gasteiger partial charge in [0.1, 0.15) is 0 Å². The molecule has 2 saturated heterocycles.